The lowest BCUT2D eigenvalue weighted by Gasteiger charge is -2.12. The van der Waals surface area contributed by atoms with Gasteiger partial charge in [-0.1, -0.05) is 61.0 Å². The van der Waals surface area contributed by atoms with E-state index in [9.17, 15) is 4.79 Å². The molecule has 2 aromatic carbocycles. The van der Waals surface area contributed by atoms with Gasteiger partial charge in [0.15, 0.2) is 6.61 Å². The van der Waals surface area contributed by atoms with Crippen molar-refractivity contribution in [3.63, 3.8) is 0 Å². The maximum atomic E-state index is 12.0. The summed E-state index contributed by atoms with van der Waals surface area (Å²) in [6.45, 7) is 10.2. The second-order valence-corrected chi connectivity index (χ2v) is 6.65. The van der Waals surface area contributed by atoms with Gasteiger partial charge in [-0.05, 0) is 48.9 Å². The highest BCUT2D eigenvalue weighted by atomic mass is 16.6. The van der Waals surface area contributed by atoms with E-state index in [-0.39, 0.29) is 12.5 Å². The molecule has 0 radical (unpaired) electrons. The van der Waals surface area contributed by atoms with E-state index in [1.54, 1.807) is 6.21 Å². The molecular weight excluding hydrogens is 312 g/mol. The van der Waals surface area contributed by atoms with Gasteiger partial charge in [-0.25, -0.2) is 0 Å². The van der Waals surface area contributed by atoms with E-state index < -0.39 is 0 Å². The summed E-state index contributed by atoms with van der Waals surface area (Å²) in [6.07, 6.45) is 1.61. The van der Waals surface area contributed by atoms with Crippen molar-refractivity contribution in [2.45, 2.75) is 40.5 Å². The van der Waals surface area contributed by atoms with Crippen molar-refractivity contribution in [2.24, 2.45) is 5.16 Å². The fraction of sp³-hybridized carbons (Fsp3) is 0.333. The highest BCUT2D eigenvalue weighted by molar-refractivity contribution is 5.93. The number of benzene rings is 2. The first-order valence-corrected chi connectivity index (χ1v) is 8.50. The Morgan fingerprint density at radius 1 is 1.12 bits per heavy atom. The van der Waals surface area contributed by atoms with Gasteiger partial charge >= 0.3 is 0 Å². The number of oxime groups is 1. The summed E-state index contributed by atoms with van der Waals surface area (Å²) in [6, 6.07) is 12.2. The maximum absolute atomic E-state index is 12.0. The first-order valence-electron chi connectivity index (χ1n) is 8.50. The molecule has 0 aliphatic heterocycles. The number of nitrogens with one attached hydrogen (secondary N) is 1. The molecule has 0 spiro atoms. The number of aryl methyl sites for hydroxylation is 3. The minimum absolute atomic E-state index is 0.118. The average Bonchev–Trinajstić information content (AvgIpc) is 2.55. The molecule has 0 aliphatic carbocycles. The Kier molecular flexibility index (Phi) is 6.34. The molecular formula is C21H26N2O2. The van der Waals surface area contributed by atoms with Crippen molar-refractivity contribution < 1.29 is 9.63 Å². The van der Waals surface area contributed by atoms with E-state index in [4.69, 9.17) is 4.84 Å². The van der Waals surface area contributed by atoms with Gasteiger partial charge in [0.25, 0.3) is 5.91 Å². The molecule has 0 bridgehead atoms. The average molecular weight is 338 g/mol. The SMILES string of the molecule is Cc1cc(C)c(NC(=O)CO/N=C\c2ccc(C(C)C)cc2)c(C)c1. The second-order valence-electron chi connectivity index (χ2n) is 6.65. The molecule has 4 heteroatoms. The number of nitrogens with zero attached hydrogens (tertiary/aromatic N) is 1. The van der Waals surface area contributed by atoms with Gasteiger partial charge in [-0.2, -0.15) is 0 Å². The van der Waals surface area contributed by atoms with Crippen LogP contribution in [0.25, 0.3) is 0 Å². The van der Waals surface area contributed by atoms with Crippen LogP contribution in [0, 0.1) is 20.8 Å². The van der Waals surface area contributed by atoms with Crippen molar-refractivity contribution >= 4 is 17.8 Å². The lowest BCUT2D eigenvalue weighted by atomic mass is 10.0. The molecule has 0 saturated carbocycles. The summed E-state index contributed by atoms with van der Waals surface area (Å²) in [5.74, 6) is 0.280. The van der Waals surface area contributed by atoms with Gasteiger partial charge in [-0.3, -0.25) is 4.79 Å². The van der Waals surface area contributed by atoms with Crippen molar-refractivity contribution in [3.8, 4) is 0 Å². The summed E-state index contributed by atoms with van der Waals surface area (Å²) in [4.78, 5) is 17.1. The van der Waals surface area contributed by atoms with Crippen LogP contribution in [0.5, 0.6) is 0 Å². The van der Waals surface area contributed by atoms with E-state index in [1.807, 2.05) is 45.0 Å². The van der Waals surface area contributed by atoms with Gasteiger partial charge in [-0.15, -0.1) is 0 Å². The van der Waals surface area contributed by atoms with E-state index in [2.05, 4.69) is 36.5 Å². The van der Waals surface area contributed by atoms with Gasteiger partial charge in [0.2, 0.25) is 0 Å². The van der Waals surface area contributed by atoms with Gasteiger partial charge in [0.1, 0.15) is 0 Å². The topological polar surface area (TPSA) is 50.7 Å². The number of amides is 1. The molecule has 0 fully saturated rings. The number of anilines is 1. The third-order valence-electron chi connectivity index (χ3n) is 4.02. The summed E-state index contributed by atoms with van der Waals surface area (Å²) in [7, 11) is 0. The zero-order valence-corrected chi connectivity index (χ0v) is 15.6. The van der Waals surface area contributed by atoms with Crippen LogP contribution in [0.3, 0.4) is 0 Å². The molecule has 0 aliphatic rings. The van der Waals surface area contributed by atoms with E-state index in [1.165, 1.54) is 11.1 Å². The Bertz CT molecular complexity index is 739. The molecule has 1 N–H and O–H groups in total. The van der Waals surface area contributed by atoms with Gasteiger partial charge in [0, 0.05) is 5.69 Å². The Hall–Kier alpha value is -2.62. The Morgan fingerprint density at radius 3 is 2.28 bits per heavy atom. The Labute approximate surface area is 149 Å². The molecule has 0 atom stereocenters. The van der Waals surface area contributed by atoms with Crippen molar-refractivity contribution in [2.75, 3.05) is 11.9 Å². The van der Waals surface area contributed by atoms with Crippen molar-refractivity contribution in [3.05, 3.63) is 64.2 Å². The van der Waals surface area contributed by atoms with Crippen LogP contribution in [0.2, 0.25) is 0 Å². The summed E-state index contributed by atoms with van der Waals surface area (Å²) in [5, 5.41) is 6.76. The molecule has 0 heterocycles. The van der Waals surface area contributed by atoms with Crippen LogP contribution >= 0.6 is 0 Å². The van der Waals surface area contributed by atoms with Crippen molar-refractivity contribution in [1.29, 1.82) is 0 Å². The van der Waals surface area contributed by atoms with Crippen LogP contribution in [0.15, 0.2) is 41.6 Å². The lowest BCUT2D eigenvalue weighted by molar-refractivity contribution is -0.120. The molecule has 2 aromatic rings. The first-order chi connectivity index (χ1) is 11.9. The predicted molar refractivity (Wildman–Crippen MR) is 103 cm³/mol. The lowest BCUT2D eigenvalue weighted by Crippen LogP contribution is -2.18. The molecule has 0 aromatic heterocycles. The van der Waals surface area contributed by atoms with Crippen LogP contribution in [-0.4, -0.2) is 18.7 Å². The summed E-state index contributed by atoms with van der Waals surface area (Å²) < 4.78 is 0. The largest absolute Gasteiger partial charge is 0.386 e. The molecule has 1 amide bonds. The molecule has 2 rings (SSSR count). The summed E-state index contributed by atoms with van der Waals surface area (Å²) >= 11 is 0. The van der Waals surface area contributed by atoms with Crippen LogP contribution in [0.1, 0.15) is 47.6 Å². The van der Waals surface area contributed by atoms with Gasteiger partial charge in [0.05, 0.1) is 6.21 Å². The number of rotatable bonds is 6. The Morgan fingerprint density at radius 2 is 1.72 bits per heavy atom. The molecule has 25 heavy (non-hydrogen) atoms. The van der Waals surface area contributed by atoms with Crippen LogP contribution in [-0.2, 0) is 9.63 Å². The fourth-order valence-corrected chi connectivity index (χ4v) is 2.71. The highest BCUT2D eigenvalue weighted by Crippen LogP contribution is 2.21. The van der Waals surface area contributed by atoms with Crippen LogP contribution in [0.4, 0.5) is 5.69 Å². The normalized spacial score (nSPS) is 11.1. The third-order valence-corrected chi connectivity index (χ3v) is 4.02. The first kappa shape index (κ1) is 18.7. The maximum Gasteiger partial charge on any atom is 0.265 e. The third kappa shape index (κ3) is 5.45. The minimum Gasteiger partial charge on any atom is -0.386 e. The standard InChI is InChI=1S/C21H26N2O2/c1-14(2)19-8-6-18(7-9-19)12-22-25-13-20(24)23-21-16(4)10-15(3)11-17(21)5/h6-12,14H,13H2,1-5H3,(H,23,24)/b22-12-. The van der Waals surface area contributed by atoms with Crippen molar-refractivity contribution in [1.82, 2.24) is 0 Å². The Balaban J connectivity index is 1.86. The molecule has 0 saturated heterocycles. The highest BCUT2D eigenvalue weighted by Gasteiger charge is 2.08. The quantitative estimate of drug-likeness (QED) is 0.612. The van der Waals surface area contributed by atoms with E-state index in [0.717, 1.165) is 22.4 Å². The number of hydrogen-bond donors (Lipinski definition) is 1. The number of hydrogen-bond acceptors (Lipinski definition) is 3. The van der Waals surface area contributed by atoms with E-state index >= 15 is 0 Å². The fourth-order valence-electron chi connectivity index (χ4n) is 2.71. The molecule has 0 unspecified atom stereocenters. The van der Waals surface area contributed by atoms with Crippen LogP contribution < -0.4 is 5.32 Å². The monoisotopic (exact) mass is 338 g/mol. The van der Waals surface area contributed by atoms with Gasteiger partial charge < -0.3 is 10.2 Å². The minimum atomic E-state index is -0.220. The smallest absolute Gasteiger partial charge is 0.265 e. The number of carbonyl (C=O) groups is 1. The number of carbonyl (C=O) groups excluding carboxylic acids is 1. The zero-order chi connectivity index (χ0) is 18.4. The summed E-state index contributed by atoms with van der Waals surface area (Å²) in [5.41, 5.74) is 6.32. The molecule has 132 valence electrons. The predicted octanol–water partition coefficient (Wildman–Crippen LogP) is 4.72. The second kappa shape index (κ2) is 8.47. The zero-order valence-electron chi connectivity index (χ0n) is 15.6. The van der Waals surface area contributed by atoms with E-state index in [0.29, 0.717) is 5.92 Å². The molecule has 4 nitrogen and oxygen atoms in total.